The van der Waals surface area contributed by atoms with E-state index in [1.54, 1.807) is 6.20 Å². The third kappa shape index (κ3) is 3.59. The number of aromatic nitrogens is 4. The van der Waals surface area contributed by atoms with E-state index in [1.165, 1.54) is 23.4 Å². The van der Waals surface area contributed by atoms with Gasteiger partial charge in [-0.2, -0.15) is 5.10 Å². The van der Waals surface area contributed by atoms with E-state index in [1.807, 2.05) is 30.9 Å². The molecule has 0 aromatic carbocycles. The van der Waals surface area contributed by atoms with Gasteiger partial charge < -0.3 is 20.3 Å². The molecule has 8 nitrogen and oxygen atoms in total. The number of piperidine rings is 1. The number of amides is 1. The third-order valence-electron chi connectivity index (χ3n) is 10.1. The molecule has 4 aliphatic rings. The lowest BCUT2D eigenvalue weighted by Crippen LogP contribution is -2.41. The van der Waals surface area contributed by atoms with Crippen molar-refractivity contribution in [2.45, 2.75) is 76.6 Å². The van der Waals surface area contributed by atoms with Crippen molar-refractivity contribution in [1.29, 1.82) is 0 Å². The predicted molar refractivity (Wildman–Crippen MR) is 149 cm³/mol. The molecule has 5 heterocycles. The fraction of sp³-hybridized carbons (Fsp3) is 0.516. The van der Waals surface area contributed by atoms with Crippen LogP contribution in [0.1, 0.15) is 67.1 Å². The zero-order valence-electron chi connectivity index (χ0n) is 23.0. The smallest absolute Gasteiger partial charge is 0.255 e. The molecule has 1 amide bonds. The van der Waals surface area contributed by atoms with Gasteiger partial charge in [-0.15, -0.1) is 0 Å². The molecule has 3 saturated carbocycles. The van der Waals surface area contributed by atoms with Gasteiger partial charge in [-0.25, -0.2) is 13.9 Å². The minimum absolute atomic E-state index is 0.00608. The molecule has 4 aromatic heterocycles. The van der Waals surface area contributed by atoms with Gasteiger partial charge in [-0.1, -0.05) is 0 Å². The van der Waals surface area contributed by atoms with Crippen LogP contribution in [0.15, 0.2) is 30.5 Å². The third-order valence-corrected chi connectivity index (χ3v) is 10.1. The highest BCUT2D eigenvalue weighted by molar-refractivity contribution is 5.95. The van der Waals surface area contributed by atoms with E-state index in [9.17, 15) is 9.90 Å². The summed E-state index contributed by atoms with van der Waals surface area (Å²) in [5.74, 6) is 0.513. The van der Waals surface area contributed by atoms with E-state index >= 15 is 4.39 Å². The fourth-order valence-corrected chi connectivity index (χ4v) is 7.28. The second-order valence-electron chi connectivity index (χ2n) is 12.9. The molecular formula is C31H35FN6O2. The molecule has 3 N–H and O–H groups in total. The lowest BCUT2D eigenvalue weighted by Gasteiger charge is -2.27. The Kier molecular flexibility index (Phi) is 5.12. The summed E-state index contributed by atoms with van der Waals surface area (Å²) in [6.07, 6.45) is 7.99. The number of fused-ring (bicyclic) bond motifs is 4. The topological polar surface area (TPSA) is 102 Å². The van der Waals surface area contributed by atoms with Crippen molar-refractivity contribution in [3.05, 3.63) is 53.1 Å². The molecule has 1 saturated heterocycles. The van der Waals surface area contributed by atoms with Gasteiger partial charge in [0.25, 0.3) is 5.91 Å². The van der Waals surface area contributed by atoms with E-state index in [-0.39, 0.29) is 23.9 Å². The van der Waals surface area contributed by atoms with Crippen LogP contribution < -0.4 is 5.73 Å². The van der Waals surface area contributed by atoms with Crippen LogP contribution in [0.3, 0.4) is 0 Å². The van der Waals surface area contributed by atoms with Crippen LogP contribution in [-0.2, 0) is 12.1 Å². The highest BCUT2D eigenvalue weighted by Crippen LogP contribution is 2.45. The molecule has 0 spiro atoms. The standard InChI is InChI=1S/C31H35FN6O2/c1-16-27(35-38-15-20(11-22(32)28(16)38)30(39)37-14-19-5-9-23(37)26(19)33)24-12-18-6-10-25(31(2,40)21-7-8-21)34-29(18)36(24)13-17-3-4-17/h6,10-12,15,17,19,21,23,26,40H,3-5,7-9,13-14,33H2,1-2H3/t19?,23-,26-,31?/m1/s1. The molecule has 0 radical (unpaired) electrons. The van der Waals surface area contributed by atoms with Crippen molar-refractivity contribution in [2.75, 3.05) is 6.54 Å². The molecule has 1 aliphatic heterocycles. The molecule has 8 rings (SSSR count). The number of carbonyl (C=O) groups is 1. The van der Waals surface area contributed by atoms with E-state index in [0.29, 0.717) is 40.8 Å². The molecule has 4 aromatic rings. The molecule has 208 valence electrons. The van der Waals surface area contributed by atoms with E-state index in [4.69, 9.17) is 15.8 Å². The highest BCUT2D eigenvalue weighted by Gasteiger charge is 2.47. The highest BCUT2D eigenvalue weighted by atomic mass is 19.1. The Morgan fingerprint density at radius 1 is 1.18 bits per heavy atom. The van der Waals surface area contributed by atoms with Gasteiger partial charge in [-0.3, -0.25) is 4.79 Å². The summed E-state index contributed by atoms with van der Waals surface area (Å²) in [4.78, 5) is 20.2. The minimum atomic E-state index is -0.952. The summed E-state index contributed by atoms with van der Waals surface area (Å²) in [7, 11) is 0. The second-order valence-corrected chi connectivity index (χ2v) is 12.9. The Morgan fingerprint density at radius 2 is 1.98 bits per heavy atom. The van der Waals surface area contributed by atoms with Gasteiger partial charge in [0, 0.05) is 42.3 Å². The zero-order chi connectivity index (χ0) is 27.5. The van der Waals surface area contributed by atoms with Crippen LogP contribution in [-0.4, -0.2) is 53.7 Å². The van der Waals surface area contributed by atoms with Gasteiger partial charge in [0.1, 0.15) is 28.3 Å². The molecule has 40 heavy (non-hydrogen) atoms. The monoisotopic (exact) mass is 542 g/mol. The van der Waals surface area contributed by atoms with Gasteiger partial charge in [0.2, 0.25) is 0 Å². The van der Waals surface area contributed by atoms with Crippen molar-refractivity contribution in [2.24, 2.45) is 23.5 Å². The van der Waals surface area contributed by atoms with E-state index in [2.05, 4.69) is 10.6 Å². The zero-order valence-corrected chi connectivity index (χ0v) is 23.0. The first-order valence-electron chi connectivity index (χ1n) is 14.7. The predicted octanol–water partition coefficient (Wildman–Crippen LogP) is 4.39. The number of hydrogen-bond acceptors (Lipinski definition) is 5. The fourth-order valence-electron chi connectivity index (χ4n) is 7.28. The first-order chi connectivity index (χ1) is 19.2. The molecule has 2 unspecified atom stereocenters. The Balaban J connectivity index is 1.22. The summed E-state index contributed by atoms with van der Waals surface area (Å²) in [5.41, 5.74) is 9.86. The van der Waals surface area contributed by atoms with Crippen molar-refractivity contribution in [3.8, 4) is 11.4 Å². The van der Waals surface area contributed by atoms with Gasteiger partial charge in [-0.05, 0) is 94.4 Å². The van der Waals surface area contributed by atoms with Gasteiger partial charge >= 0.3 is 0 Å². The molecule has 4 atom stereocenters. The number of nitrogens with zero attached hydrogens (tertiary/aromatic N) is 5. The summed E-state index contributed by atoms with van der Waals surface area (Å²) in [6.45, 7) is 5.19. The van der Waals surface area contributed by atoms with Crippen molar-refractivity contribution in [1.82, 2.24) is 24.1 Å². The number of aryl methyl sites for hydroxylation is 1. The maximum Gasteiger partial charge on any atom is 0.255 e. The van der Waals surface area contributed by atoms with Crippen LogP contribution in [0.25, 0.3) is 27.9 Å². The molecule has 2 bridgehead atoms. The average molecular weight is 543 g/mol. The lowest BCUT2D eigenvalue weighted by molar-refractivity contribution is 0.0289. The summed E-state index contributed by atoms with van der Waals surface area (Å²) >= 11 is 0. The van der Waals surface area contributed by atoms with Crippen molar-refractivity contribution < 1.29 is 14.3 Å². The van der Waals surface area contributed by atoms with E-state index in [0.717, 1.165) is 54.5 Å². The number of hydrogen-bond donors (Lipinski definition) is 2. The van der Waals surface area contributed by atoms with Crippen molar-refractivity contribution in [3.63, 3.8) is 0 Å². The first kappa shape index (κ1) is 24.5. The Hall–Kier alpha value is -3.30. The Morgan fingerprint density at radius 3 is 2.65 bits per heavy atom. The number of likely N-dealkylation sites (tertiary alicyclic amines) is 1. The minimum Gasteiger partial charge on any atom is -0.384 e. The van der Waals surface area contributed by atoms with Crippen LogP contribution >= 0.6 is 0 Å². The molecule has 3 aliphatic carbocycles. The largest absolute Gasteiger partial charge is 0.384 e. The van der Waals surface area contributed by atoms with Crippen LogP contribution in [0.5, 0.6) is 0 Å². The van der Waals surface area contributed by atoms with E-state index < -0.39 is 11.4 Å². The molecular weight excluding hydrogens is 507 g/mol. The number of aliphatic hydroxyl groups is 1. The summed E-state index contributed by atoms with van der Waals surface area (Å²) < 4.78 is 19.4. The normalized spacial score (nSPS) is 25.8. The number of carbonyl (C=O) groups excluding carboxylic acids is 1. The second kappa shape index (κ2) is 8.36. The van der Waals surface area contributed by atoms with Crippen molar-refractivity contribution >= 4 is 22.5 Å². The first-order valence-corrected chi connectivity index (χ1v) is 14.7. The maximum absolute atomic E-state index is 15.6. The number of halogens is 1. The average Bonchev–Trinajstić information content (AvgIpc) is 3.85. The SMILES string of the molecule is Cc1c(-c2cc3ccc(C(C)(O)C4CC4)nc3n2CC2CC2)nn2cc(C(=O)N3CC4CC[C@@H]3[C@@H]4N)cc(F)c12. The lowest BCUT2D eigenvalue weighted by atomic mass is 9.95. The Labute approximate surface area is 232 Å². The Bertz CT molecular complexity index is 1700. The summed E-state index contributed by atoms with van der Waals surface area (Å²) in [5, 5.41) is 17.0. The number of nitrogens with two attached hydrogens (primary N) is 1. The van der Waals surface area contributed by atoms with Gasteiger partial charge in [0.05, 0.1) is 17.0 Å². The van der Waals surface area contributed by atoms with Crippen LogP contribution in [0, 0.1) is 30.5 Å². The maximum atomic E-state index is 15.6. The summed E-state index contributed by atoms with van der Waals surface area (Å²) in [6, 6.07) is 7.41. The number of rotatable bonds is 6. The van der Waals surface area contributed by atoms with Gasteiger partial charge in [0.15, 0.2) is 0 Å². The molecule has 9 heteroatoms. The quantitative estimate of drug-likeness (QED) is 0.376. The number of pyridine rings is 2. The van der Waals surface area contributed by atoms with Crippen LogP contribution in [0.4, 0.5) is 4.39 Å². The molecule has 4 fully saturated rings. The van der Waals surface area contributed by atoms with Crippen LogP contribution in [0.2, 0.25) is 0 Å².